The maximum absolute atomic E-state index is 6.55. The van der Waals surface area contributed by atoms with Gasteiger partial charge in [-0.25, -0.2) is 0 Å². The Morgan fingerprint density at radius 2 is 1.83 bits per heavy atom. The van der Waals surface area contributed by atoms with E-state index in [1.54, 1.807) is 0 Å². The summed E-state index contributed by atoms with van der Waals surface area (Å²) in [5.74, 6) is 1.53. The fourth-order valence-electron chi connectivity index (χ4n) is 2.69. The summed E-state index contributed by atoms with van der Waals surface area (Å²) in [4.78, 5) is 0. The summed E-state index contributed by atoms with van der Waals surface area (Å²) in [7, 11) is 0. The molecule has 1 heteroatoms. The molecular weight excluding hydrogens is 240 g/mol. The molecule has 0 aromatic heterocycles. The van der Waals surface area contributed by atoms with Gasteiger partial charge in [-0.05, 0) is 47.4 Å². The second kappa shape index (κ2) is 4.93. The normalized spacial score (nSPS) is 18.8. The first kappa shape index (κ1) is 12.0. The van der Waals surface area contributed by atoms with E-state index in [0.717, 1.165) is 12.3 Å². The summed E-state index contributed by atoms with van der Waals surface area (Å²) >= 11 is 6.55. The first-order chi connectivity index (χ1) is 8.74. The van der Waals surface area contributed by atoms with E-state index in [1.807, 2.05) is 0 Å². The van der Waals surface area contributed by atoms with Crippen LogP contribution >= 0.6 is 11.6 Å². The van der Waals surface area contributed by atoms with Crippen LogP contribution < -0.4 is 0 Å². The predicted molar refractivity (Wildman–Crippen MR) is 79.2 cm³/mol. The molecule has 0 heterocycles. The summed E-state index contributed by atoms with van der Waals surface area (Å²) in [6.45, 7) is 2.30. The maximum Gasteiger partial charge on any atom is 0.0404 e. The average Bonchev–Trinajstić information content (AvgIpc) is 3.22. The molecule has 0 saturated heterocycles. The molecule has 0 aliphatic heterocycles. The lowest BCUT2D eigenvalue weighted by Gasteiger charge is -2.17. The third-order valence-electron chi connectivity index (χ3n) is 4.18. The van der Waals surface area contributed by atoms with Crippen LogP contribution in [0, 0.1) is 11.8 Å². The minimum Gasteiger partial charge on any atom is -0.122 e. The van der Waals surface area contributed by atoms with E-state index in [4.69, 9.17) is 11.6 Å². The molecule has 2 aromatic carbocycles. The lowest BCUT2D eigenvalue weighted by Crippen LogP contribution is -2.16. The van der Waals surface area contributed by atoms with E-state index in [2.05, 4.69) is 49.4 Å². The Labute approximate surface area is 114 Å². The van der Waals surface area contributed by atoms with Gasteiger partial charge in [-0.3, -0.25) is 0 Å². The molecule has 0 N–H and O–H groups in total. The van der Waals surface area contributed by atoms with Crippen molar-refractivity contribution in [1.82, 2.24) is 0 Å². The van der Waals surface area contributed by atoms with Crippen molar-refractivity contribution in [2.24, 2.45) is 11.8 Å². The molecule has 1 aliphatic carbocycles. The van der Waals surface area contributed by atoms with Gasteiger partial charge in [0, 0.05) is 5.38 Å². The molecule has 1 aliphatic rings. The third-order valence-corrected chi connectivity index (χ3v) is 4.73. The van der Waals surface area contributed by atoms with Gasteiger partial charge in [-0.2, -0.15) is 0 Å². The van der Waals surface area contributed by atoms with Crippen molar-refractivity contribution in [3.63, 3.8) is 0 Å². The number of halogens is 1. The fraction of sp³-hybridized carbons (Fsp3) is 0.412. The Kier molecular flexibility index (Phi) is 3.30. The van der Waals surface area contributed by atoms with Crippen molar-refractivity contribution >= 4 is 22.4 Å². The monoisotopic (exact) mass is 258 g/mol. The summed E-state index contributed by atoms with van der Waals surface area (Å²) in [5.41, 5.74) is 1.36. The number of rotatable bonds is 4. The smallest absolute Gasteiger partial charge is 0.0404 e. The average molecular weight is 259 g/mol. The van der Waals surface area contributed by atoms with Gasteiger partial charge in [-0.15, -0.1) is 11.6 Å². The second-order valence-electron chi connectivity index (χ2n) is 5.60. The van der Waals surface area contributed by atoms with Crippen molar-refractivity contribution < 1.29 is 0 Å². The molecular formula is C17H19Cl. The van der Waals surface area contributed by atoms with Gasteiger partial charge in [0.05, 0.1) is 0 Å². The predicted octanol–water partition coefficient (Wildman–Crippen LogP) is 5.04. The standard InChI is InChI=1S/C17H19Cl/c1-12(14-8-9-14)17(18)11-13-6-7-15-4-2-3-5-16(15)10-13/h2-7,10,12,14,17H,8-9,11H2,1H3. The number of alkyl halides is 1. The molecule has 3 rings (SSSR count). The summed E-state index contributed by atoms with van der Waals surface area (Å²) in [5, 5.41) is 2.90. The zero-order valence-corrected chi connectivity index (χ0v) is 11.5. The molecule has 94 valence electrons. The number of benzene rings is 2. The van der Waals surface area contributed by atoms with Crippen LogP contribution in [0.15, 0.2) is 42.5 Å². The Morgan fingerprint density at radius 1 is 1.11 bits per heavy atom. The van der Waals surface area contributed by atoms with Crippen molar-refractivity contribution in [2.75, 3.05) is 0 Å². The molecule has 2 atom stereocenters. The van der Waals surface area contributed by atoms with Crippen LogP contribution in [-0.4, -0.2) is 5.38 Å². The van der Waals surface area contributed by atoms with Gasteiger partial charge >= 0.3 is 0 Å². The highest BCUT2D eigenvalue weighted by Gasteiger charge is 2.32. The van der Waals surface area contributed by atoms with Gasteiger partial charge in [0.25, 0.3) is 0 Å². The van der Waals surface area contributed by atoms with E-state index in [1.165, 1.54) is 29.2 Å². The number of hydrogen-bond acceptors (Lipinski definition) is 0. The van der Waals surface area contributed by atoms with Crippen LogP contribution in [-0.2, 0) is 6.42 Å². The Balaban J connectivity index is 1.77. The molecule has 2 aromatic rings. The van der Waals surface area contributed by atoms with Crippen molar-refractivity contribution in [3.05, 3.63) is 48.0 Å². The zero-order chi connectivity index (χ0) is 12.5. The number of fused-ring (bicyclic) bond motifs is 1. The summed E-state index contributed by atoms with van der Waals surface area (Å²) < 4.78 is 0. The molecule has 0 radical (unpaired) electrons. The lowest BCUT2D eigenvalue weighted by molar-refractivity contribution is 0.478. The number of hydrogen-bond donors (Lipinski definition) is 0. The van der Waals surface area contributed by atoms with Crippen LogP contribution in [0.25, 0.3) is 10.8 Å². The van der Waals surface area contributed by atoms with Gasteiger partial charge < -0.3 is 0 Å². The fourth-order valence-corrected chi connectivity index (χ4v) is 3.08. The maximum atomic E-state index is 6.55. The van der Waals surface area contributed by atoms with E-state index in [-0.39, 0.29) is 5.38 Å². The Bertz CT molecular complexity index is 542. The lowest BCUT2D eigenvalue weighted by atomic mass is 9.95. The Hall–Kier alpha value is -1.01. The molecule has 18 heavy (non-hydrogen) atoms. The van der Waals surface area contributed by atoms with Crippen molar-refractivity contribution in [2.45, 2.75) is 31.6 Å². The highest BCUT2D eigenvalue weighted by molar-refractivity contribution is 6.21. The zero-order valence-electron chi connectivity index (χ0n) is 10.8. The Morgan fingerprint density at radius 3 is 2.56 bits per heavy atom. The highest BCUT2D eigenvalue weighted by atomic mass is 35.5. The third kappa shape index (κ3) is 2.54. The highest BCUT2D eigenvalue weighted by Crippen LogP contribution is 2.40. The SMILES string of the molecule is CC(C(Cl)Cc1ccc2ccccc2c1)C1CC1. The van der Waals surface area contributed by atoms with Crippen LogP contribution in [0.4, 0.5) is 0 Å². The minimum absolute atomic E-state index is 0.277. The van der Waals surface area contributed by atoms with Crippen LogP contribution in [0.1, 0.15) is 25.3 Å². The molecule has 0 amide bonds. The molecule has 1 saturated carbocycles. The first-order valence-corrected chi connectivity index (χ1v) is 7.29. The quantitative estimate of drug-likeness (QED) is 0.675. The molecule has 0 bridgehead atoms. The van der Waals surface area contributed by atoms with Gasteiger partial charge in [0.2, 0.25) is 0 Å². The van der Waals surface area contributed by atoms with E-state index in [9.17, 15) is 0 Å². The first-order valence-electron chi connectivity index (χ1n) is 6.86. The summed E-state index contributed by atoms with van der Waals surface area (Å²) in [6.07, 6.45) is 3.74. The van der Waals surface area contributed by atoms with E-state index >= 15 is 0 Å². The van der Waals surface area contributed by atoms with Crippen LogP contribution in [0.3, 0.4) is 0 Å². The second-order valence-corrected chi connectivity index (χ2v) is 6.16. The van der Waals surface area contributed by atoms with E-state index < -0.39 is 0 Å². The van der Waals surface area contributed by atoms with Crippen molar-refractivity contribution in [3.8, 4) is 0 Å². The van der Waals surface area contributed by atoms with Gasteiger partial charge in [0.15, 0.2) is 0 Å². The largest absolute Gasteiger partial charge is 0.122 e. The van der Waals surface area contributed by atoms with Gasteiger partial charge in [0.1, 0.15) is 0 Å². The molecule has 0 nitrogen and oxygen atoms in total. The van der Waals surface area contributed by atoms with Crippen molar-refractivity contribution in [1.29, 1.82) is 0 Å². The van der Waals surface area contributed by atoms with Crippen LogP contribution in [0.2, 0.25) is 0 Å². The summed E-state index contributed by atoms with van der Waals surface area (Å²) in [6, 6.07) is 15.2. The molecule has 1 fully saturated rings. The minimum atomic E-state index is 0.277. The molecule has 0 spiro atoms. The van der Waals surface area contributed by atoms with Crippen LogP contribution in [0.5, 0.6) is 0 Å². The van der Waals surface area contributed by atoms with Gasteiger partial charge in [-0.1, -0.05) is 49.4 Å². The molecule has 2 unspecified atom stereocenters. The topological polar surface area (TPSA) is 0 Å². The van der Waals surface area contributed by atoms with E-state index in [0.29, 0.717) is 5.92 Å².